The topological polar surface area (TPSA) is 56.6 Å². The van der Waals surface area contributed by atoms with Crippen molar-refractivity contribution >= 4 is 99.5 Å². The molecule has 0 radical (unpaired) electrons. The van der Waals surface area contributed by atoms with Crippen LogP contribution in [-0.2, 0) is 0 Å². The summed E-state index contributed by atoms with van der Waals surface area (Å²) in [5.74, 6) is 0. The van der Waals surface area contributed by atoms with Gasteiger partial charge < -0.3 is 18.6 Å². The Balaban J connectivity index is 1.05. The Morgan fingerprint density at radius 3 is 1.28 bits per heavy atom. The Labute approximate surface area is 347 Å². The maximum Gasteiger partial charge on any atom is 0.140 e. The standard InChI is InChI=1S/C55H39N3O2/c1-33-15-17-35(3)48(23-33)57(41-11-7-5-8-12-41)43-21-19-37-27-45-50(29-39(37)25-43)59-52-31-53-55(47(32-56)54(45)52)46-28-38-20-22-44(26-40(38)30-51(46)60-53)58(42-13-9-6-10-14-42)49-24-34(2)16-18-36(49)4/h5-31H,1-4H3. The van der Waals surface area contributed by atoms with E-state index in [0.717, 1.165) is 88.4 Å². The van der Waals surface area contributed by atoms with Crippen LogP contribution in [0.25, 0.3) is 65.4 Å². The third-order valence-electron chi connectivity index (χ3n) is 11.9. The number of hydrogen-bond donors (Lipinski definition) is 0. The number of para-hydroxylation sites is 2. The van der Waals surface area contributed by atoms with Gasteiger partial charge in [0.2, 0.25) is 0 Å². The molecule has 0 aliphatic rings. The van der Waals surface area contributed by atoms with E-state index >= 15 is 0 Å². The van der Waals surface area contributed by atoms with Gasteiger partial charge >= 0.3 is 0 Å². The molecular weight excluding hydrogens is 735 g/mol. The summed E-state index contributed by atoms with van der Waals surface area (Å²) < 4.78 is 13.2. The normalized spacial score (nSPS) is 11.7. The van der Waals surface area contributed by atoms with Gasteiger partial charge in [-0.2, -0.15) is 5.26 Å². The Morgan fingerprint density at radius 1 is 0.400 bits per heavy atom. The first-order chi connectivity index (χ1) is 29.3. The highest BCUT2D eigenvalue weighted by molar-refractivity contribution is 6.22. The van der Waals surface area contributed by atoms with Gasteiger partial charge in [-0.05, 0) is 156 Å². The van der Waals surface area contributed by atoms with Crippen molar-refractivity contribution in [1.29, 1.82) is 5.26 Å². The van der Waals surface area contributed by atoms with Crippen molar-refractivity contribution < 1.29 is 8.83 Å². The molecule has 0 spiro atoms. The first kappa shape index (κ1) is 35.4. The van der Waals surface area contributed by atoms with Gasteiger partial charge in [-0.3, -0.25) is 0 Å². The van der Waals surface area contributed by atoms with Crippen LogP contribution in [0.5, 0.6) is 0 Å². The molecule has 0 fully saturated rings. The first-order valence-corrected chi connectivity index (χ1v) is 20.3. The zero-order chi connectivity index (χ0) is 40.6. The highest BCUT2D eigenvalue weighted by atomic mass is 16.3. The van der Waals surface area contributed by atoms with Gasteiger partial charge in [0, 0.05) is 61.7 Å². The number of hydrogen-bond acceptors (Lipinski definition) is 5. The van der Waals surface area contributed by atoms with Crippen LogP contribution in [0.1, 0.15) is 27.8 Å². The molecule has 0 amide bonds. The summed E-state index contributed by atoms with van der Waals surface area (Å²) in [7, 11) is 0. The molecule has 0 saturated carbocycles. The minimum absolute atomic E-state index is 0.558. The largest absolute Gasteiger partial charge is 0.456 e. The number of fused-ring (bicyclic) bond motifs is 8. The predicted molar refractivity (Wildman–Crippen MR) is 249 cm³/mol. The highest BCUT2D eigenvalue weighted by Gasteiger charge is 2.23. The molecule has 0 aliphatic carbocycles. The summed E-state index contributed by atoms with van der Waals surface area (Å²) in [4.78, 5) is 4.62. The second kappa shape index (κ2) is 13.7. The monoisotopic (exact) mass is 773 g/mol. The lowest BCUT2D eigenvalue weighted by Crippen LogP contribution is -2.11. The van der Waals surface area contributed by atoms with Crippen LogP contribution in [0, 0.1) is 39.0 Å². The summed E-state index contributed by atoms with van der Waals surface area (Å²) in [5, 5.41) is 18.5. The van der Waals surface area contributed by atoms with E-state index in [9.17, 15) is 5.26 Å². The molecule has 286 valence electrons. The molecule has 2 aromatic heterocycles. The van der Waals surface area contributed by atoms with Crippen molar-refractivity contribution in [3.05, 3.63) is 192 Å². The Bertz CT molecular complexity index is 3330. The molecule has 60 heavy (non-hydrogen) atoms. The summed E-state index contributed by atoms with van der Waals surface area (Å²) >= 11 is 0. The minimum Gasteiger partial charge on any atom is -0.456 e. The molecule has 0 N–H and O–H groups in total. The second-order valence-electron chi connectivity index (χ2n) is 16.0. The van der Waals surface area contributed by atoms with Crippen molar-refractivity contribution in [3.8, 4) is 6.07 Å². The molecule has 9 aromatic carbocycles. The van der Waals surface area contributed by atoms with Gasteiger partial charge in [0.15, 0.2) is 0 Å². The summed E-state index contributed by atoms with van der Waals surface area (Å²) in [6.07, 6.45) is 0. The second-order valence-corrected chi connectivity index (χ2v) is 16.0. The molecule has 0 saturated heterocycles. The van der Waals surface area contributed by atoms with E-state index in [0.29, 0.717) is 16.7 Å². The Hall–Kier alpha value is -7.81. The molecule has 11 aromatic rings. The summed E-state index contributed by atoms with van der Waals surface area (Å²) in [6.45, 7) is 8.57. The summed E-state index contributed by atoms with van der Waals surface area (Å²) in [6, 6.07) is 60.3. The first-order valence-electron chi connectivity index (χ1n) is 20.3. The molecule has 5 heteroatoms. The predicted octanol–water partition coefficient (Wildman–Crippen LogP) is 15.8. The number of anilines is 6. The Kier molecular flexibility index (Phi) is 8.05. The van der Waals surface area contributed by atoms with Crippen molar-refractivity contribution in [1.82, 2.24) is 0 Å². The molecule has 0 atom stereocenters. The van der Waals surface area contributed by atoms with Gasteiger partial charge in [0.1, 0.15) is 28.4 Å². The van der Waals surface area contributed by atoms with Crippen LogP contribution in [-0.4, -0.2) is 0 Å². The highest BCUT2D eigenvalue weighted by Crippen LogP contribution is 2.45. The molecule has 2 heterocycles. The molecule has 5 nitrogen and oxygen atoms in total. The lowest BCUT2D eigenvalue weighted by molar-refractivity contribution is 0.656. The smallest absolute Gasteiger partial charge is 0.140 e. The van der Waals surface area contributed by atoms with E-state index in [-0.39, 0.29) is 0 Å². The van der Waals surface area contributed by atoms with Crippen molar-refractivity contribution in [3.63, 3.8) is 0 Å². The number of nitriles is 1. The van der Waals surface area contributed by atoms with Gasteiger partial charge in [-0.15, -0.1) is 0 Å². The molecule has 0 bridgehead atoms. The number of benzene rings is 9. The summed E-state index contributed by atoms with van der Waals surface area (Å²) in [5.41, 5.74) is 14.6. The van der Waals surface area contributed by atoms with Crippen LogP contribution in [0.3, 0.4) is 0 Å². The van der Waals surface area contributed by atoms with E-state index in [4.69, 9.17) is 8.83 Å². The van der Waals surface area contributed by atoms with Crippen molar-refractivity contribution in [2.45, 2.75) is 27.7 Å². The third-order valence-corrected chi connectivity index (χ3v) is 11.9. The molecular formula is C55H39N3O2. The van der Waals surface area contributed by atoms with E-state index in [1.54, 1.807) is 0 Å². The van der Waals surface area contributed by atoms with Crippen molar-refractivity contribution in [2.75, 3.05) is 9.80 Å². The van der Waals surface area contributed by atoms with E-state index < -0.39 is 0 Å². The maximum atomic E-state index is 10.9. The van der Waals surface area contributed by atoms with E-state index in [1.807, 2.05) is 18.2 Å². The van der Waals surface area contributed by atoms with Crippen LogP contribution in [0.4, 0.5) is 34.1 Å². The number of rotatable bonds is 6. The van der Waals surface area contributed by atoms with Gasteiger partial charge in [-0.25, -0.2) is 0 Å². The van der Waals surface area contributed by atoms with E-state index in [1.165, 1.54) is 22.3 Å². The van der Waals surface area contributed by atoms with Crippen LogP contribution >= 0.6 is 0 Å². The Morgan fingerprint density at radius 2 is 0.850 bits per heavy atom. The SMILES string of the molecule is Cc1ccc(C)c(N(c2ccccc2)c2ccc3cc4c(cc3c2)oc2cc3oc5cc6cc(N(c7ccccc7)c7cc(C)ccc7C)ccc6cc5c3c(C#N)c24)c1. The fraction of sp³-hybridized carbons (Fsp3) is 0.0727. The van der Waals surface area contributed by atoms with E-state index in [2.05, 4.69) is 189 Å². The maximum absolute atomic E-state index is 10.9. The van der Waals surface area contributed by atoms with Crippen LogP contribution in [0.15, 0.2) is 173 Å². The van der Waals surface area contributed by atoms with Gasteiger partial charge in [0.05, 0.1) is 5.56 Å². The lowest BCUT2D eigenvalue weighted by Gasteiger charge is -2.27. The number of aryl methyl sites for hydroxylation is 4. The van der Waals surface area contributed by atoms with Gasteiger partial charge in [-0.1, -0.05) is 72.8 Å². The number of furan rings is 2. The molecule has 11 rings (SSSR count). The van der Waals surface area contributed by atoms with Gasteiger partial charge in [0.25, 0.3) is 0 Å². The average molecular weight is 774 g/mol. The quantitative estimate of drug-likeness (QED) is 0.168. The number of nitrogens with zero attached hydrogens (tertiary/aromatic N) is 3. The average Bonchev–Trinajstić information content (AvgIpc) is 3.80. The lowest BCUT2D eigenvalue weighted by atomic mass is 9.98. The van der Waals surface area contributed by atoms with Crippen LogP contribution in [0.2, 0.25) is 0 Å². The molecule has 0 unspecified atom stereocenters. The van der Waals surface area contributed by atoms with Crippen LogP contribution < -0.4 is 9.80 Å². The minimum atomic E-state index is 0.558. The zero-order valence-corrected chi connectivity index (χ0v) is 33.7. The fourth-order valence-electron chi connectivity index (χ4n) is 8.97. The van der Waals surface area contributed by atoms with Crippen molar-refractivity contribution in [2.24, 2.45) is 0 Å². The third kappa shape index (κ3) is 5.68. The zero-order valence-electron chi connectivity index (χ0n) is 33.7. The fourth-order valence-corrected chi connectivity index (χ4v) is 8.97. The molecule has 0 aliphatic heterocycles.